The lowest BCUT2D eigenvalue weighted by molar-refractivity contribution is -0.131. The van der Waals surface area contributed by atoms with E-state index < -0.39 is 0 Å². The third kappa shape index (κ3) is 5.50. The van der Waals surface area contributed by atoms with Crippen molar-refractivity contribution >= 4 is 5.91 Å². The first-order valence-electron chi connectivity index (χ1n) is 8.40. The van der Waals surface area contributed by atoms with E-state index in [1.54, 1.807) is 14.2 Å². The van der Waals surface area contributed by atoms with Gasteiger partial charge in [0.05, 0.1) is 20.6 Å². The highest BCUT2D eigenvalue weighted by molar-refractivity contribution is 5.79. The third-order valence-corrected chi connectivity index (χ3v) is 4.03. The van der Waals surface area contributed by atoms with Crippen LogP contribution in [0, 0.1) is 0 Å². The fraction of sp³-hybridized carbons (Fsp3) is 0.350. The second kappa shape index (κ2) is 9.69. The Hall–Kier alpha value is -2.53. The number of nitrogens with zero attached hydrogens (tertiary/aromatic N) is 1. The predicted molar refractivity (Wildman–Crippen MR) is 98.8 cm³/mol. The highest BCUT2D eigenvalue weighted by Crippen LogP contribution is 2.25. The van der Waals surface area contributed by atoms with Gasteiger partial charge in [-0.2, -0.15) is 0 Å². The second-order valence-corrected chi connectivity index (χ2v) is 5.80. The molecule has 0 spiro atoms. The number of benzene rings is 2. The van der Waals surface area contributed by atoms with E-state index in [0.29, 0.717) is 31.1 Å². The number of hydrogen-bond acceptors (Lipinski definition) is 4. The smallest absolute Gasteiger partial charge is 0.227 e. The van der Waals surface area contributed by atoms with Crippen molar-refractivity contribution in [2.45, 2.75) is 19.4 Å². The molecule has 0 saturated carbocycles. The zero-order chi connectivity index (χ0) is 18.1. The van der Waals surface area contributed by atoms with Gasteiger partial charge < -0.3 is 20.1 Å². The molecule has 0 unspecified atom stereocenters. The molecule has 0 aliphatic rings. The number of carbonyl (C=O) groups is 1. The average Bonchev–Trinajstić information content (AvgIpc) is 2.65. The largest absolute Gasteiger partial charge is 0.497 e. The summed E-state index contributed by atoms with van der Waals surface area (Å²) in [5, 5.41) is 0. The topological polar surface area (TPSA) is 64.8 Å². The minimum Gasteiger partial charge on any atom is -0.497 e. The summed E-state index contributed by atoms with van der Waals surface area (Å²) >= 11 is 0. The number of rotatable bonds is 9. The van der Waals surface area contributed by atoms with Crippen LogP contribution in [-0.2, 0) is 17.8 Å². The SMILES string of the molecule is COc1ccc(OC)c(CC(=O)N(CCCN)Cc2ccccc2)c1. The molecule has 0 fully saturated rings. The quantitative estimate of drug-likeness (QED) is 0.761. The van der Waals surface area contributed by atoms with Crippen molar-refractivity contribution in [3.05, 3.63) is 59.7 Å². The zero-order valence-corrected chi connectivity index (χ0v) is 14.9. The van der Waals surface area contributed by atoms with Gasteiger partial charge in [0.2, 0.25) is 5.91 Å². The molecule has 0 heterocycles. The summed E-state index contributed by atoms with van der Waals surface area (Å²) < 4.78 is 10.6. The van der Waals surface area contributed by atoms with E-state index in [0.717, 1.165) is 17.5 Å². The molecule has 2 rings (SSSR count). The average molecular weight is 342 g/mol. The van der Waals surface area contributed by atoms with Gasteiger partial charge in [-0.3, -0.25) is 4.79 Å². The summed E-state index contributed by atoms with van der Waals surface area (Å²) in [5.41, 5.74) is 7.55. The Balaban J connectivity index is 2.16. The highest BCUT2D eigenvalue weighted by Gasteiger charge is 2.17. The second-order valence-electron chi connectivity index (χ2n) is 5.80. The van der Waals surface area contributed by atoms with Crippen molar-refractivity contribution in [1.82, 2.24) is 4.90 Å². The highest BCUT2D eigenvalue weighted by atomic mass is 16.5. The molecular weight excluding hydrogens is 316 g/mol. The minimum absolute atomic E-state index is 0.0452. The molecular formula is C20H26N2O3. The first-order chi connectivity index (χ1) is 12.2. The van der Waals surface area contributed by atoms with Crippen LogP contribution in [0.2, 0.25) is 0 Å². The van der Waals surface area contributed by atoms with E-state index in [2.05, 4.69) is 0 Å². The molecule has 0 bridgehead atoms. The summed E-state index contributed by atoms with van der Waals surface area (Å²) in [5.74, 6) is 1.44. The molecule has 25 heavy (non-hydrogen) atoms. The van der Waals surface area contributed by atoms with Gasteiger partial charge in [0, 0.05) is 18.7 Å². The van der Waals surface area contributed by atoms with Crippen LogP contribution >= 0.6 is 0 Å². The Morgan fingerprint density at radius 3 is 2.48 bits per heavy atom. The van der Waals surface area contributed by atoms with Gasteiger partial charge in [-0.15, -0.1) is 0 Å². The maximum absolute atomic E-state index is 12.9. The number of ether oxygens (including phenoxy) is 2. The van der Waals surface area contributed by atoms with Crippen LogP contribution in [0.1, 0.15) is 17.5 Å². The molecule has 5 heteroatoms. The van der Waals surface area contributed by atoms with Gasteiger partial charge in [0.25, 0.3) is 0 Å². The fourth-order valence-corrected chi connectivity index (χ4v) is 2.67. The molecule has 2 aromatic rings. The molecule has 5 nitrogen and oxygen atoms in total. The Morgan fingerprint density at radius 1 is 1.08 bits per heavy atom. The van der Waals surface area contributed by atoms with E-state index in [9.17, 15) is 4.79 Å². The van der Waals surface area contributed by atoms with E-state index in [4.69, 9.17) is 15.2 Å². The van der Waals surface area contributed by atoms with Crippen LogP contribution < -0.4 is 15.2 Å². The molecule has 2 N–H and O–H groups in total. The van der Waals surface area contributed by atoms with Crippen molar-refractivity contribution < 1.29 is 14.3 Å². The minimum atomic E-state index is 0.0452. The molecule has 0 aromatic heterocycles. The van der Waals surface area contributed by atoms with Crippen molar-refractivity contribution in [1.29, 1.82) is 0 Å². The lowest BCUT2D eigenvalue weighted by atomic mass is 10.1. The fourth-order valence-electron chi connectivity index (χ4n) is 2.67. The van der Waals surface area contributed by atoms with Crippen LogP contribution in [-0.4, -0.2) is 38.1 Å². The summed E-state index contributed by atoms with van der Waals surface area (Å²) in [7, 11) is 3.21. The summed E-state index contributed by atoms with van der Waals surface area (Å²) in [4.78, 5) is 14.7. The van der Waals surface area contributed by atoms with Crippen LogP contribution in [0.4, 0.5) is 0 Å². The van der Waals surface area contributed by atoms with Gasteiger partial charge in [0.15, 0.2) is 0 Å². The molecule has 134 valence electrons. The number of amides is 1. The van der Waals surface area contributed by atoms with Crippen LogP contribution in [0.5, 0.6) is 11.5 Å². The van der Waals surface area contributed by atoms with E-state index >= 15 is 0 Å². The number of carbonyl (C=O) groups excluding carboxylic acids is 1. The van der Waals surface area contributed by atoms with Gasteiger partial charge in [-0.1, -0.05) is 30.3 Å². The first kappa shape index (κ1) is 18.8. The summed E-state index contributed by atoms with van der Waals surface area (Å²) in [6, 6.07) is 15.5. The maximum Gasteiger partial charge on any atom is 0.227 e. The number of methoxy groups -OCH3 is 2. The van der Waals surface area contributed by atoms with Crippen molar-refractivity contribution in [2.24, 2.45) is 5.73 Å². The van der Waals surface area contributed by atoms with Crippen LogP contribution in [0.3, 0.4) is 0 Å². The lowest BCUT2D eigenvalue weighted by Crippen LogP contribution is -2.33. The van der Waals surface area contributed by atoms with E-state index in [1.165, 1.54) is 0 Å². The molecule has 0 aliphatic heterocycles. The van der Waals surface area contributed by atoms with Gasteiger partial charge >= 0.3 is 0 Å². The maximum atomic E-state index is 12.9. The Morgan fingerprint density at radius 2 is 1.84 bits per heavy atom. The molecule has 2 aromatic carbocycles. The van der Waals surface area contributed by atoms with Gasteiger partial charge in [0.1, 0.15) is 11.5 Å². The van der Waals surface area contributed by atoms with Gasteiger partial charge in [-0.05, 0) is 36.7 Å². The van der Waals surface area contributed by atoms with Crippen molar-refractivity contribution in [3.63, 3.8) is 0 Å². The Kier molecular flexibility index (Phi) is 7.29. The summed E-state index contributed by atoms with van der Waals surface area (Å²) in [6.07, 6.45) is 1.03. The van der Waals surface area contributed by atoms with Crippen LogP contribution in [0.15, 0.2) is 48.5 Å². The van der Waals surface area contributed by atoms with E-state index in [-0.39, 0.29) is 12.3 Å². The van der Waals surface area contributed by atoms with E-state index in [1.807, 2.05) is 53.4 Å². The number of hydrogen-bond donors (Lipinski definition) is 1. The van der Waals surface area contributed by atoms with Crippen molar-refractivity contribution in [2.75, 3.05) is 27.3 Å². The Labute approximate surface area is 149 Å². The normalized spacial score (nSPS) is 10.4. The molecule has 1 amide bonds. The zero-order valence-electron chi connectivity index (χ0n) is 14.9. The standard InChI is InChI=1S/C20H26N2O3/c1-24-18-9-10-19(25-2)17(13-18)14-20(23)22(12-6-11-21)15-16-7-4-3-5-8-16/h3-5,7-10,13H,6,11-12,14-15,21H2,1-2H3. The number of nitrogens with two attached hydrogens (primary N) is 1. The monoisotopic (exact) mass is 342 g/mol. The lowest BCUT2D eigenvalue weighted by Gasteiger charge is -2.23. The third-order valence-electron chi connectivity index (χ3n) is 4.03. The molecule has 0 atom stereocenters. The molecule has 0 saturated heterocycles. The van der Waals surface area contributed by atoms with Crippen molar-refractivity contribution in [3.8, 4) is 11.5 Å². The Bertz CT molecular complexity index is 674. The van der Waals surface area contributed by atoms with Gasteiger partial charge in [-0.25, -0.2) is 0 Å². The summed E-state index contributed by atoms with van der Waals surface area (Å²) in [6.45, 7) is 1.77. The molecule has 0 aliphatic carbocycles. The van der Waals surface area contributed by atoms with Crippen LogP contribution in [0.25, 0.3) is 0 Å². The first-order valence-corrected chi connectivity index (χ1v) is 8.40. The predicted octanol–water partition coefficient (Wildman–Crippen LogP) is 2.62. The molecule has 0 radical (unpaired) electrons.